The minimum absolute atomic E-state index is 0.261. The Kier molecular flexibility index (Phi) is 4.24. The predicted molar refractivity (Wildman–Crippen MR) is 74.6 cm³/mol. The lowest BCUT2D eigenvalue weighted by Gasteiger charge is -2.15. The molecule has 0 spiro atoms. The van der Waals surface area contributed by atoms with E-state index in [9.17, 15) is 4.79 Å². The summed E-state index contributed by atoms with van der Waals surface area (Å²) in [6.45, 7) is 1.70. The number of carbonyl (C=O) groups is 1. The van der Waals surface area contributed by atoms with Crippen LogP contribution in [0.2, 0.25) is 10.0 Å². The summed E-state index contributed by atoms with van der Waals surface area (Å²) in [4.78, 5) is 15.7. The van der Waals surface area contributed by atoms with E-state index >= 15 is 0 Å². The van der Waals surface area contributed by atoms with Gasteiger partial charge in [0.15, 0.2) is 0 Å². The summed E-state index contributed by atoms with van der Waals surface area (Å²) in [5.74, 6) is 0.0311. The molecule has 0 aliphatic heterocycles. The highest BCUT2D eigenvalue weighted by Crippen LogP contribution is 2.25. The van der Waals surface area contributed by atoms with Gasteiger partial charge in [-0.2, -0.15) is 10.1 Å². The molecule has 19 heavy (non-hydrogen) atoms. The zero-order chi connectivity index (χ0) is 13.8. The molecule has 100 valence electrons. The average molecular weight is 300 g/mol. The van der Waals surface area contributed by atoms with Crippen molar-refractivity contribution in [3.63, 3.8) is 0 Å². The molecule has 0 radical (unpaired) electrons. The number of H-pyrrole nitrogens is 1. The second-order valence-corrected chi connectivity index (χ2v) is 4.66. The van der Waals surface area contributed by atoms with Gasteiger partial charge >= 0.3 is 0 Å². The molecule has 1 aromatic heterocycles. The maximum atomic E-state index is 11.9. The van der Waals surface area contributed by atoms with Crippen molar-refractivity contribution in [1.29, 1.82) is 0 Å². The summed E-state index contributed by atoms with van der Waals surface area (Å²) >= 11 is 11.8. The SMILES string of the molecule is C[C@@H](Nc1ccc(Cl)cc1Cl)C(=O)Nc1ncn[nH]1. The van der Waals surface area contributed by atoms with Crippen molar-refractivity contribution in [3.05, 3.63) is 34.6 Å². The number of hydrogen-bond acceptors (Lipinski definition) is 4. The van der Waals surface area contributed by atoms with E-state index in [1.807, 2.05) is 0 Å². The normalized spacial score (nSPS) is 11.9. The van der Waals surface area contributed by atoms with E-state index in [2.05, 4.69) is 25.8 Å². The van der Waals surface area contributed by atoms with Crippen molar-refractivity contribution in [2.45, 2.75) is 13.0 Å². The molecule has 0 aliphatic rings. The molecule has 0 bridgehead atoms. The highest BCUT2D eigenvalue weighted by atomic mass is 35.5. The summed E-state index contributed by atoms with van der Waals surface area (Å²) in [6, 6.07) is 4.51. The largest absolute Gasteiger partial charge is 0.373 e. The van der Waals surface area contributed by atoms with Gasteiger partial charge in [0.25, 0.3) is 0 Å². The molecule has 0 fully saturated rings. The van der Waals surface area contributed by atoms with Crippen molar-refractivity contribution < 1.29 is 4.79 Å². The molecule has 2 aromatic rings. The predicted octanol–water partition coefficient (Wildman–Crippen LogP) is 2.55. The minimum atomic E-state index is -0.497. The zero-order valence-corrected chi connectivity index (χ0v) is 11.5. The fourth-order valence-electron chi connectivity index (χ4n) is 1.40. The molecule has 1 atom stereocenters. The summed E-state index contributed by atoms with van der Waals surface area (Å²) < 4.78 is 0. The lowest BCUT2D eigenvalue weighted by Crippen LogP contribution is -2.32. The molecule has 6 nitrogen and oxygen atoms in total. The number of amides is 1. The number of hydrogen-bond donors (Lipinski definition) is 3. The first-order valence-corrected chi connectivity index (χ1v) is 6.19. The minimum Gasteiger partial charge on any atom is -0.373 e. The van der Waals surface area contributed by atoms with Crippen molar-refractivity contribution >= 4 is 40.7 Å². The van der Waals surface area contributed by atoms with Crippen LogP contribution < -0.4 is 10.6 Å². The van der Waals surface area contributed by atoms with Gasteiger partial charge in [0.05, 0.1) is 10.7 Å². The number of carbonyl (C=O) groups excluding carboxylic acids is 1. The Bertz CT molecular complexity index is 572. The van der Waals surface area contributed by atoms with E-state index in [0.29, 0.717) is 21.7 Å². The van der Waals surface area contributed by atoms with Gasteiger partial charge in [0.1, 0.15) is 12.4 Å². The van der Waals surface area contributed by atoms with Gasteiger partial charge in [-0.3, -0.25) is 10.1 Å². The average Bonchev–Trinajstić information content (AvgIpc) is 2.85. The molecular weight excluding hydrogens is 289 g/mol. The smallest absolute Gasteiger partial charge is 0.248 e. The number of halogens is 2. The lowest BCUT2D eigenvalue weighted by atomic mass is 10.2. The number of aromatic amines is 1. The van der Waals surface area contributed by atoms with Gasteiger partial charge in [-0.05, 0) is 25.1 Å². The fraction of sp³-hybridized carbons (Fsp3) is 0.182. The van der Waals surface area contributed by atoms with Crippen LogP contribution in [-0.4, -0.2) is 27.1 Å². The van der Waals surface area contributed by atoms with Crippen LogP contribution in [0.3, 0.4) is 0 Å². The van der Waals surface area contributed by atoms with Gasteiger partial charge in [0.2, 0.25) is 11.9 Å². The van der Waals surface area contributed by atoms with E-state index < -0.39 is 6.04 Å². The van der Waals surface area contributed by atoms with E-state index in [1.165, 1.54) is 6.33 Å². The van der Waals surface area contributed by atoms with Crippen molar-refractivity contribution in [1.82, 2.24) is 15.2 Å². The first-order valence-electron chi connectivity index (χ1n) is 5.44. The summed E-state index contributed by atoms with van der Waals surface area (Å²) in [5, 5.41) is 12.7. The summed E-state index contributed by atoms with van der Waals surface area (Å²) in [7, 11) is 0. The number of nitrogens with one attached hydrogen (secondary N) is 3. The van der Waals surface area contributed by atoms with Crippen LogP contribution in [0.25, 0.3) is 0 Å². The molecule has 8 heteroatoms. The van der Waals surface area contributed by atoms with E-state index in [-0.39, 0.29) is 5.91 Å². The van der Waals surface area contributed by atoms with Crippen LogP contribution in [0.4, 0.5) is 11.6 Å². The van der Waals surface area contributed by atoms with Crippen LogP contribution in [0.15, 0.2) is 24.5 Å². The Morgan fingerprint density at radius 2 is 2.21 bits per heavy atom. The lowest BCUT2D eigenvalue weighted by molar-refractivity contribution is -0.116. The summed E-state index contributed by atoms with van der Waals surface area (Å²) in [6.07, 6.45) is 1.31. The standard InChI is InChI=1S/C11H11Cl2N5O/c1-6(10(19)17-11-14-5-15-18-11)16-9-3-2-7(12)4-8(9)13/h2-6,16H,1H3,(H2,14,15,17,18,19)/t6-/m1/s1. The highest BCUT2D eigenvalue weighted by molar-refractivity contribution is 6.36. The Balaban J connectivity index is 2.00. The van der Waals surface area contributed by atoms with Crippen molar-refractivity contribution in [2.24, 2.45) is 0 Å². The monoisotopic (exact) mass is 299 g/mol. The first-order chi connectivity index (χ1) is 9.06. The third-order valence-corrected chi connectivity index (χ3v) is 2.90. The van der Waals surface area contributed by atoms with Crippen LogP contribution in [0, 0.1) is 0 Å². The molecule has 3 N–H and O–H groups in total. The number of anilines is 2. The highest BCUT2D eigenvalue weighted by Gasteiger charge is 2.15. The quantitative estimate of drug-likeness (QED) is 0.810. The van der Waals surface area contributed by atoms with Crippen molar-refractivity contribution in [3.8, 4) is 0 Å². The Hall–Kier alpha value is -1.79. The van der Waals surface area contributed by atoms with E-state index in [0.717, 1.165) is 0 Å². The number of nitrogens with zero attached hydrogens (tertiary/aromatic N) is 2. The molecule has 1 heterocycles. The molecule has 2 rings (SSSR count). The van der Waals surface area contributed by atoms with Gasteiger partial charge in [-0.15, -0.1) is 0 Å². The van der Waals surface area contributed by atoms with Gasteiger partial charge < -0.3 is 5.32 Å². The molecular formula is C11H11Cl2N5O. The molecule has 0 saturated heterocycles. The Morgan fingerprint density at radius 1 is 1.42 bits per heavy atom. The third-order valence-electron chi connectivity index (χ3n) is 2.35. The Labute approximate surface area is 119 Å². The third kappa shape index (κ3) is 3.59. The zero-order valence-electron chi connectivity index (χ0n) is 9.95. The maximum Gasteiger partial charge on any atom is 0.248 e. The molecule has 0 unspecified atom stereocenters. The number of benzene rings is 1. The number of rotatable bonds is 4. The van der Waals surface area contributed by atoms with Crippen LogP contribution in [-0.2, 0) is 4.79 Å². The van der Waals surface area contributed by atoms with Gasteiger partial charge in [-0.25, -0.2) is 5.10 Å². The maximum absolute atomic E-state index is 11.9. The second-order valence-electron chi connectivity index (χ2n) is 3.81. The second kappa shape index (κ2) is 5.90. The summed E-state index contributed by atoms with van der Waals surface area (Å²) in [5.41, 5.74) is 0.631. The molecule has 0 aliphatic carbocycles. The van der Waals surface area contributed by atoms with Gasteiger partial charge in [0, 0.05) is 5.02 Å². The van der Waals surface area contributed by atoms with Crippen LogP contribution >= 0.6 is 23.2 Å². The van der Waals surface area contributed by atoms with Crippen molar-refractivity contribution in [2.75, 3.05) is 10.6 Å². The molecule has 1 amide bonds. The Morgan fingerprint density at radius 3 is 2.84 bits per heavy atom. The molecule has 1 aromatic carbocycles. The van der Waals surface area contributed by atoms with E-state index in [4.69, 9.17) is 23.2 Å². The van der Waals surface area contributed by atoms with Gasteiger partial charge in [-0.1, -0.05) is 23.2 Å². The topological polar surface area (TPSA) is 82.7 Å². The van der Waals surface area contributed by atoms with E-state index in [1.54, 1.807) is 25.1 Å². The van der Waals surface area contributed by atoms with Crippen LogP contribution in [0.1, 0.15) is 6.92 Å². The first kappa shape index (κ1) is 13.6. The number of aromatic nitrogens is 3. The fourth-order valence-corrected chi connectivity index (χ4v) is 1.86. The van der Waals surface area contributed by atoms with Crippen LogP contribution in [0.5, 0.6) is 0 Å². The molecule has 0 saturated carbocycles.